The lowest BCUT2D eigenvalue weighted by atomic mass is 10.0. The van der Waals surface area contributed by atoms with Gasteiger partial charge in [-0.05, 0) is 34.8 Å². The molecule has 3 nitrogen and oxygen atoms in total. The van der Waals surface area contributed by atoms with Crippen molar-refractivity contribution in [1.82, 2.24) is 4.98 Å². The lowest BCUT2D eigenvalue weighted by Crippen LogP contribution is -2.30. The highest BCUT2D eigenvalue weighted by Gasteiger charge is 2.15. The Morgan fingerprint density at radius 3 is 2.50 bits per heavy atom. The minimum atomic E-state index is 0.0290. The number of anilines is 1. The summed E-state index contributed by atoms with van der Waals surface area (Å²) in [5.41, 5.74) is 0.886. The Morgan fingerprint density at radius 2 is 2.00 bits per heavy atom. The molecule has 0 aliphatic heterocycles. The SMILES string of the molecule is CCC(CC)CN(CC)c1ncc(Br)cc1CO. The van der Waals surface area contributed by atoms with Crippen LogP contribution in [-0.4, -0.2) is 23.2 Å². The molecule has 0 saturated heterocycles. The van der Waals surface area contributed by atoms with Crippen LogP contribution in [-0.2, 0) is 6.61 Å². The molecule has 18 heavy (non-hydrogen) atoms. The zero-order valence-electron chi connectivity index (χ0n) is 11.5. The van der Waals surface area contributed by atoms with Crippen LogP contribution in [0.2, 0.25) is 0 Å². The van der Waals surface area contributed by atoms with Crippen molar-refractivity contribution in [3.05, 3.63) is 22.3 Å². The van der Waals surface area contributed by atoms with Crippen molar-refractivity contribution in [3.8, 4) is 0 Å². The van der Waals surface area contributed by atoms with Crippen LogP contribution in [0, 0.1) is 5.92 Å². The molecule has 0 atom stereocenters. The molecule has 0 saturated carbocycles. The van der Waals surface area contributed by atoms with Crippen LogP contribution >= 0.6 is 15.9 Å². The average molecular weight is 315 g/mol. The molecule has 0 amide bonds. The molecular formula is C14H23BrN2O. The first kappa shape index (κ1) is 15.4. The molecule has 0 unspecified atom stereocenters. The Balaban J connectivity index is 2.93. The van der Waals surface area contributed by atoms with Crippen LogP contribution < -0.4 is 4.90 Å². The lowest BCUT2D eigenvalue weighted by Gasteiger charge is -2.28. The molecule has 1 aromatic heterocycles. The fourth-order valence-electron chi connectivity index (χ4n) is 2.10. The van der Waals surface area contributed by atoms with Crippen molar-refractivity contribution in [2.75, 3.05) is 18.0 Å². The summed E-state index contributed by atoms with van der Waals surface area (Å²) in [6.07, 6.45) is 4.15. The first-order valence-corrected chi connectivity index (χ1v) is 7.45. The highest BCUT2D eigenvalue weighted by Crippen LogP contribution is 2.23. The second-order valence-electron chi connectivity index (χ2n) is 4.52. The van der Waals surface area contributed by atoms with Gasteiger partial charge in [-0.2, -0.15) is 0 Å². The minimum Gasteiger partial charge on any atom is -0.392 e. The first-order chi connectivity index (χ1) is 8.65. The maximum atomic E-state index is 9.45. The van der Waals surface area contributed by atoms with E-state index >= 15 is 0 Å². The van der Waals surface area contributed by atoms with Gasteiger partial charge in [-0.1, -0.05) is 26.7 Å². The average Bonchev–Trinajstić information content (AvgIpc) is 2.41. The van der Waals surface area contributed by atoms with E-state index in [0.717, 1.165) is 28.9 Å². The van der Waals surface area contributed by atoms with Crippen LogP contribution in [0.1, 0.15) is 39.2 Å². The number of halogens is 1. The Morgan fingerprint density at radius 1 is 1.33 bits per heavy atom. The van der Waals surface area contributed by atoms with E-state index < -0.39 is 0 Å². The van der Waals surface area contributed by atoms with Crippen molar-refractivity contribution in [2.45, 2.75) is 40.2 Å². The summed E-state index contributed by atoms with van der Waals surface area (Å²) in [5.74, 6) is 1.59. The van der Waals surface area contributed by atoms with E-state index in [1.165, 1.54) is 12.8 Å². The predicted molar refractivity (Wildman–Crippen MR) is 79.8 cm³/mol. The lowest BCUT2D eigenvalue weighted by molar-refractivity contribution is 0.281. The van der Waals surface area contributed by atoms with E-state index in [1.54, 1.807) is 6.20 Å². The van der Waals surface area contributed by atoms with Gasteiger partial charge in [-0.15, -0.1) is 0 Å². The molecule has 0 aliphatic rings. The van der Waals surface area contributed by atoms with Gasteiger partial charge in [-0.3, -0.25) is 0 Å². The van der Waals surface area contributed by atoms with E-state index in [-0.39, 0.29) is 6.61 Å². The van der Waals surface area contributed by atoms with Gasteiger partial charge in [0.2, 0.25) is 0 Å². The number of pyridine rings is 1. The standard InChI is InChI=1S/C14H23BrN2O/c1-4-11(5-2)9-17(6-3)14-12(10-18)7-13(15)8-16-14/h7-8,11,18H,4-6,9-10H2,1-3H3. The third-order valence-electron chi connectivity index (χ3n) is 3.39. The Bertz CT molecular complexity index is 367. The van der Waals surface area contributed by atoms with Crippen molar-refractivity contribution < 1.29 is 5.11 Å². The Hall–Kier alpha value is -0.610. The van der Waals surface area contributed by atoms with Crippen molar-refractivity contribution in [1.29, 1.82) is 0 Å². The Labute approximate surface area is 118 Å². The van der Waals surface area contributed by atoms with E-state index in [2.05, 4.69) is 46.6 Å². The summed E-state index contributed by atoms with van der Waals surface area (Å²) in [6, 6.07) is 1.94. The van der Waals surface area contributed by atoms with E-state index in [1.807, 2.05) is 6.07 Å². The molecule has 102 valence electrons. The highest BCUT2D eigenvalue weighted by molar-refractivity contribution is 9.10. The zero-order valence-corrected chi connectivity index (χ0v) is 13.1. The fraction of sp³-hybridized carbons (Fsp3) is 0.643. The number of hydrogen-bond donors (Lipinski definition) is 1. The molecule has 0 bridgehead atoms. The van der Waals surface area contributed by atoms with Gasteiger partial charge >= 0.3 is 0 Å². The van der Waals surface area contributed by atoms with E-state index in [0.29, 0.717) is 5.92 Å². The first-order valence-electron chi connectivity index (χ1n) is 6.66. The van der Waals surface area contributed by atoms with Crippen LogP contribution in [0.5, 0.6) is 0 Å². The van der Waals surface area contributed by atoms with Crippen LogP contribution in [0.4, 0.5) is 5.82 Å². The highest BCUT2D eigenvalue weighted by atomic mass is 79.9. The number of hydrogen-bond acceptors (Lipinski definition) is 3. The Kier molecular flexibility index (Phi) is 6.65. The third-order valence-corrected chi connectivity index (χ3v) is 3.83. The van der Waals surface area contributed by atoms with E-state index in [4.69, 9.17) is 0 Å². The minimum absolute atomic E-state index is 0.0290. The van der Waals surface area contributed by atoms with Gasteiger partial charge in [-0.25, -0.2) is 4.98 Å². The topological polar surface area (TPSA) is 36.4 Å². The van der Waals surface area contributed by atoms with Gasteiger partial charge in [0.1, 0.15) is 5.82 Å². The van der Waals surface area contributed by atoms with Crippen molar-refractivity contribution >= 4 is 21.7 Å². The molecule has 1 rings (SSSR count). The molecule has 0 aromatic carbocycles. The van der Waals surface area contributed by atoms with E-state index in [9.17, 15) is 5.11 Å². The summed E-state index contributed by atoms with van der Waals surface area (Å²) >= 11 is 3.39. The van der Waals surface area contributed by atoms with Gasteiger partial charge in [0.15, 0.2) is 0 Å². The molecule has 1 aromatic rings. The smallest absolute Gasteiger partial charge is 0.134 e. The number of rotatable bonds is 7. The molecule has 1 N–H and O–H groups in total. The van der Waals surface area contributed by atoms with Crippen LogP contribution in [0.15, 0.2) is 16.7 Å². The molecule has 0 spiro atoms. The predicted octanol–water partition coefficient (Wildman–Crippen LogP) is 3.60. The summed E-state index contributed by atoms with van der Waals surface area (Å²) < 4.78 is 0.911. The van der Waals surface area contributed by atoms with Crippen molar-refractivity contribution in [2.24, 2.45) is 5.92 Å². The third kappa shape index (κ3) is 3.95. The van der Waals surface area contributed by atoms with Crippen molar-refractivity contribution in [3.63, 3.8) is 0 Å². The molecule has 1 heterocycles. The van der Waals surface area contributed by atoms with Crippen LogP contribution in [0.3, 0.4) is 0 Å². The number of aliphatic hydroxyl groups excluding tert-OH is 1. The van der Waals surface area contributed by atoms with Gasteiger partial charge < -0.3 is 10.0 Å². The summed E-state index contributed by atoms with van der Waals surface area (Å²) in [5, 5.41) is 9.45. The number of aromatic nitrogens is 1. The summed E-state index contributed by atoms with van der Waals surface area (Å²) in [7, 11) is 0. The van der Waals surface area contributed by atoms with Crippen LogP contribution in [0.25, 0.3) is 0 Å². The van der Waals surface area contributed by atoms with Gasteiger partial charge in [0, 0.05) is 29.3 Å². The summed E-state index contributed by atoms with van der Waals surface area (Å²) in [6.45, 7) is 8.53. The largest absolute Gasteiger partial charge is 0.392 e. The molecule has 4 heteroatoms. The monoisotopic (exact) mass is 314 g/mol. The van der Waals surface area contributed by atoms with Gasteiger partial charge in [0.25, 0.3) is 0 Å². The zero-order chi connectivity index (χ0) is 13.5. The maximum absolute atomic E-state index is 9.45. The number of nitrogens with zero attached hydrogens (tertiary/aromatic N) is 2. The molecular weight excluding hydrogens is 292 g/mol. The van der Waals surface area contributed by atoms with Gasteiger partial charge in [0.05, 0.1) is 6.61 Å². The second-order valence-corrected chi connectivity index (χ2v) is 5.43. The quantitative estimate of drug-likeness (QED) is 0.835. The molecule has 0 aliphatic carbocycles. The maximum Gasteiger partial charge on any atom is 0.134 e. The fourth-order valence-corrected chi connectivity index (χ4v) is 2.48. The number of aliphatic hydroxyl groups is 1. The summed E-state index contributed by atoms with van der Waals surface area (Å²) in [4.78, 5) is 6.72. The normalized spacial score (nSPS) is 11.0. The second kappa shape index (κ2) is 7.74. The molecule has 0 fully saturated rings. The molecule has 0 radical (unpaired) electrons.